The fourth-order valence-corrected chi connectivity index (χ4v) is 2.54. The summed E-state index contributed by atoms with van der Waals surface area (Å²) in [6.45, 7) is 4.35. The molecular formula is C13H19ClN2. The summed E-state index contributed by atoms with van der Waals surface area (Å²) in [5.74, 6) is 0.727. The van der Waals surface area contributed by atoms with E-state index in [0.717, 1.165) is 17.2 Å². The topological polar surface area (TPSA) is 24.9 Å². The monoisotopic (exact) mass is 238 g/mol. The molecule has 16 heavy (non-hydrogen) atoms. The second kappa shape index (κ2) is 5.05. The zero-order chi connectivity index (χ0) is 11.5. The second-order valence-electron chi connectivity index (χ2n) is 4.86. The van der Waals surface area contributed by atoms with Crippen LogP contribution in [0.4, 0.5) is 5.69 Å². The van der Waals surface area contributed by atoms with Crippen LogP contribution in [-0.2, 0) is 0 Å². The van der Waals surface area contributed by atoms with Gasteiger partial charge in [-0.1, -0.05) is 31.4 Å². The Labute approximate surface area is 102 Å². The van der Waals surface area contributed by atoms with Gasteiger partial charge in [-0.05, 0) is 37.3 Å². The van der Waals surface area contributed by atoms with E-state index in [1.54, 1.807) is 6.20 Å². The van der Waals surface area contributed by atoms with Crippen molar-refractivity contribution in [2.24, 2.45) is 5.92 Å². The summed E-state index contributed by atoms with van der Waals surface area (Å²) in [6, 6.07) is 2.63. The molecule has 1 aromatic heterocycles. The molecule has 0 spiro atoms. The Morgan fingerprint density at radius 3 is 2.88 bits per heavy atom. The summed E-state index contributed by atoms with van der Waals surface area (Å²) in [5, 5.41) is 4.13. The lowest BCUT2D eigenvalue weighted by Crippen LogP contribution is -2.30. The van der Waals surface area contributed by atoms with Gasteiger partial charge in [0.1, 0.15) is 0 Å². The smallest absolute Gasteiger partial charge is 0.152 e. The molecule has 2 rings (SSSR count). The molecule has 88 valence electrons. The van der Waals surface area contributed by atoms with Gasteiger partial charge in [0, 0.05) is 12.2 Å². The Kier molecular flexibility index (Phi) is 3.70. The molecule has 0 radical (unpaired) electrons. The van der Waals surface area contributed by atoms with Crippen LogP contribution in [0.5, 0.6) is 0 Å². The van der Waals surface area contributed by atoms with E-state index in [4.69, 9.17) is 11.6 Å². The van der Waals surface area contributed by atoms with E-state index in [0.29, 0.717) is 11.2 Å². The predicted molar refractivity (Wildman–Crippen MR) is 69.0 cm³/mol. The van der Waals surface area contributed by atoms with Crippen LogP contribution in [0.1, 0.15) is 38.2 Å². The average molecular weight is 239 g/mol. The van der Waals surface area contributed by atoms with Crippen molar-refractivity contribution in [2.75, 3.05) is 5.32 Å². The molecular weight excluding hydrogens is 220 g/mol. The van der Waals surface area contributed by atoms with Gasteiger partial charge in [0.25, 0.3) is 0 Å². The molecule has 2 nitrogen and oxygen atoms in total. The van der Waals surface area contributed by atoms with E-state index < -0.39 is 0 Å². The number of hydrogen-bond acceptors (Lipinski definition) is 2. The third-order valence-corrected chi connectivity index (χ3v) is 3.73. The largest absolute Gasteiger partial charge is 0.380 e. The number of hydrogen-bond donors (Lipinski definition) is 1. The number of nitrogens with zero attached hydrogens (tertiary/aromatic N) is 1. The number of rotatable bonds is 2. The molecule has 1 aliphatic carbocycles. The van der Waals surface area contributed by atoms with Crippen molar-refractivity contribution in [1.82, 2.24) is 4.98 Å². The lowest BCUT2D eigenvalue weighted by Gasteiger charge is -2.30. The van der Waals surface area contributed by atoms with Crippen molar-refractivity contribution in [1.29, 1.82) is 0 Å². The van der Waals surface area contributed by atoms with Crippen molar-refractivity contribution < 1.29 is 0 Å². The van der Waals surface area contributed by atoms with Crippen LogP contribution in [0.2, 0.25) is 5.15 Å². The van der Waals surface area contributed by atoms with Crippen LogP contribution in [0.15, 0.2) is 12.3 Å². The molecule has 1 heterocycles. The van der Waals surface area contributed by atoms with Gasteiger partial charge in [-0.15, -0.1) is 0 Å². The lowest BCUT2D eigenvalue weighted by atomic mass is 9.86. The van der Waals surface area contributed by atoms with E-state index in [1.165, 1.54) is 25.7 Å². The van der Waals surface area contributed by atoms with Gasteiger partial charge in [0.05, 0.1) is 5.69 Å². The fourth-order valence-electron chi connectivity index (χ4n) is 2.38. The van der Waals surface area contributed by atoms with Crippen molar-refractivity contribution in [3.05, 3.63) is 23.0 Å². The van der Waals surface area contributed by atoms with Crippen LogP contribution in [0.25, 0.3) is 0 Å². The van der Waals surface area contributed by atoms with Crippen molar-refractivity contribution in [3.63, 3.8) is 0 Å². The first-order chi connectivity index (χ1) is 7.66. The number of halogens is 1. The molecule has 1 aromatic rings. The standard InChI is InChI=1S/C13H19ClN2/c1-9-7-12(13(14)15-8-9)16-11-6-4-3-5-10(11)2/h7-8,10-11,16H,3-6H2,1-2H3. The zero-order valence-corrected chi connectivity index (χ0v) is 10.7. The van der Waals surface area contributed by atoms with Crippen LogP contribution >= 0.6 is 11.6 Å². The van der Waals surface area contributed by atoms with E-state index in [1.807, 2.05) is 6.92 Å². The summed E-state index contributed by atoms with van der Waals surface area (Å²) < 4.78 is 0. The molecule has 0 amide bonds. The van der Waals surface area contributed by atoms with Crippen molar-refractivity contribution in [3.8, 4) is 0 Å². The van der Waals surface area contributed by atoms with E-state index in [-0.39, 0.29) is 0 Å². The van der Waals surface area contributed by atoms with Gasteiger partial charge in [-0.3, -0.25) is 0 Å². The van der Waals surface area contributed by atoms with Gasteiger partial charge in [-0.2, -0.15) is 0 Å². The number of pyridine rings is 1. The molecule has 0 saturated heterocycles. The van der Waals surface area contributed by atoms with Gasteiger partial charge < -0.3 is 5.32 Å². The Morgan fingerprint density at radius 1 is 1.38 bits per heavy atom. The molecule has 0 bridgehead atoms. The van der Waals surface area contributed by atoms with Gasteiger partial charge in [0.15, 0.2) is 5.15 Å². The minimum atomic E-state index is 0.551. The molecule has 1 N–H and O–H groups in total. The Bertz CT molecular complexity index is 365. The quantitative estimate of drug-likeness (QED) is 0.787. The molecule has 3 heteroatoms. The van der Waals surface area contributed by atoms with E-state index in [2.05, 4.69) is 23.3 Å². The molecule has 1 aliphatic rings. The molecule has 1 fully saturated rings. The Morgan fingerprint density at radius 2 is 2.12 bits per heavy atom. The molecule has 0 aromatic carbocycles. The normalized spacial score (nSPS) is 25.4. The number of aromatic nitrogens is 1. The minimum absolute atomic E-state index is 0.551. The van der Waals surface area contributed by atoms with Crippen LogP contribution in [-0.4, -0.2) is 11.0 Å². The van der Waals surface area contributed by atoms with Crippen molar-refractivity contribution in [2.45, 2.75) is 45.6 Å². The predicted octanol–water partition coefficient (Wildman–Crippen LogP) is 4.03. The second-order valence-corrected chi connectivity index (χ2v) is 5.22. The Balaban J connectivity index is 2.10. The highest BCUT2D eigenvalue weighted by Crippen LogP contribution is 2.29. The van der Waals surface area contributed by atoms with E-state index >= 15 is 0 Å². The summed E-state index contributed by atoms with van der Waals surface area (Å²) in [5.41, 5.74) is 2.13. The molecule has 2 unspecified atom stereocenters. The molecule has 0 aliphatic heterocycles. The lowest BCUT2D eigenvalue weighted by molar-refractivity contribution is 0.349. The highest BCUT2D eigenvalue weighted by molar-refractivity contribution is 6.31. The third-order valence-electron chi connectivity index (χ3n) is 3.43. The minimum Gasteiger partial charge on any atom is -0.380 e. The van der Waals surface area contributed by atoms with Crippen LogP contribution in [0, 0.1) is 12.8 Å². The first-order valence-electron chi connectivity index (χ1n) is 6.05. The van der Waals surface area contributed by atoms with Crippen LogP contribution in [0.3, 0.4) is 0 Å². The fraction of sp³-hybridized carbons (Fsp3) is 0.615. The molecule has 2 atom stereocenters. The maximum atomic E-state index is 6.09. The summed E-state index contributed by atoms with van der Waals surface area (Å²) in [7, 11) is 0. The van der Waals surface area contributed by atoms with Gasteiger partial charge >= 0.3 is 0 Å². The van der Waals surface area contributed by atoms with Gasteiger partial charge in [-0.25, -0.2) is 4.98 Å². The maximum absolute atomic E-state index is 6.09. The van der Waals surface area contributed by atoms with Gasteiger partial charge in [0.2, 0.25) is 0 Å². The zero-order valence-electron chi connectivity index (χ0n) is 9.96. The summed E-state index contributed by atoms with van der Waals surface area (Å²) in [6.07, 6.45) is 7.04. The number of aryl methyl sites for hydroxylation is 1. The van der Waals surface area contributed by atoms with E-state index in [9.17, 15) is 0 Å². The highest BCUT2D eigenvalue weighted by Gasteiger charge is 2.21. The first-order valence-corrected chi connectivity index (χ1v) is 6.43. The number of nitrogens with one attached hydrogen (secondary N) is 1. The average Bonchev–Trinajstić information content (AvgIpc) is 2.27. The summed E-state index contributed by atoms with van der Waals surface area (Å²) >= 11 is 6.09. The SMILES string of the molecule is Cc1cnc(Cl)c(NC2CCCCC2C)c1. The first kappa shape index (κ1) is 11.7. The van der Waals surface area contributed by atoms with Crippen molar-refractivity contribution >= 4 is 17.3 Å². The summed E-state index contributed by atoms with van der Waals surface area (Å²) in [4.78, 5) is 4.17. The third kappa shape index (κ3) is 2.67. The highest BCUT2D eigenvalue weighted by atomic mass is 35.5. The maximum Gasteiger partial charge on any atom is 0.152 e. The molecule has 1 saturated carbocycles. The Hall–Kier alpha value is -0.760. The van der Waals surface area contributed by atoms with Crippen LogP contribution < -0.4 is 5.32 Å². The number of anilines is 1.